The van der Waals surface area contributed by atoms with Gasteiger partial charge in [0.15, 0.2) is 0 Å². The second-order valence-electron chi connectivity index (χ2n) is 9.22. The molecule has 0 saturated carbocycles. The van der Waals surface area contributed by atoms with Gasteiger partial charge in [-0.15, -0.1) is 0 Å². The summed E-state index contributed by atoms with van der Waals surface area (Å²) in [4.78, 5) is 17.3. The largest absolute Gasteiger partial charge is 0.419 e. The van der Waals surface area contributed by atoms with Gasteiger partial charge in [-0.1, -0.05) is 42.5 Å². The van der Waals surface area contributed by atoms with Crippen molar-refractivity contribution >= 4 is 5.91 Å². The minimum atomic E-state index is -5.18. The summed E-state index contributed by atoms with van der Waals surface area (Å²) in [5, 5.41) is 2.42. The van der Waals surface area contributed by atoms with Gasteiger partial charge in [0.1, 0.15) is 11.4 Å². The second kappa shape index (κ2) is 11.1. The number of hydrogen-bond acceptors (Lipinski definition) is 2. The fraction of sp³-hybridized carbons (Fsp3) is 0.172. The van der Waals surface area contributed by atoms with Crippen LogP contribution in [0.2, 0.25) is 0 Å². The van der Waals surface area contributed by atoms with Gasteiger partial charge in [0.2, 0.25) is 0 Å². The molecule has 0 fully saturated rings. The molecule has 0 aliphatic heterocycles. The van der Waals surface area contributed by atoms with Crippen molar-refractivity contribution in [2.75, 3.05) is 0 Å². The molecule has 0 bridgehead atoms. The van der Waals surface area contributed by atoms with Crippen LogP contribution >= 0.6 is 0 Å². The predicted molar refractivity (Wildman–Crippen MR) is 130 cm³/mol. The van der Waals surface area contributed by atoms with E-state index < -0.39 is 58.0 Å². The third kappa shape index (κ3) is 6.55. The number of nitrogens with one attached hydrogen (secondary N) is 1. The predicted octanol–water partition coefficient (Wildman–Crippen LogP) is 8.19. The molecular weight excluding hydrogens is 582 g/mol. The van der Waals surface area contributed by atoms with Gasteiger partial charge in [0.05, 0.1) is 22.4 Å². The lowest BCUT2D eigenvalue weighted by Gasteiger charge is -2.36. The Kier molecular flexibility index (Phi) is 8.07. The number of pyridine rings is 1. The third-order valence-electron chi connectivity index (χ3n) is 6.38. The van der Waals surface area contributed by atoms with Crippen LogP contribution in [0.1, 0.15) is 43.9 Å². The number of amides is 1. The Morgan fingerprint density at radius 1 is 0.667 bits per heavy atom. The molecule has 0 saturated heterocycles. The number of halogens is 10. The average Bonchev–Trinajstić information content (AvgIpc) is 2.92. The highest BCUT2D eigenvalue weighted by Crippen LogP contribution is 2.39. The van der Waals surface area contributed by atoms with Crippen LogP contribution < -0.4 is 5.32 Å². The van der Waals surface area contributed by atoms with Crippen molar-refractivity contribution in [3.63, 3.8) is 0 Å². The number of carbonyl (C=O) groups is 1. The van der Waals surface area contributed by atoms with Crippen molar-refractivity contribution in [2.45, 2.75) is 30.5 Å². The zero-order chi connectivity index (χ0) is 30.9. The van der Waals surface area contributed by atoms with Crippen LogP contribution in [0.4, 0.5) is 43.9 Å². The first-order valence-corrected chi connectivity index (χ1v) is 12.0. The first kappa shape index (κ1) is 30.5. The molecule has 3 aromatic carbocycles. The van der Waals surface area contributed by atoms with Crippen molar-refractivity contribution in [1.29, 1.82) is 0 Å². The summed E-state index contributed by atoms with van der Waals surface area (Å²) in [5.74, 6) is -2.95. The molecule has 0 aliphatic carbocycles. The third-order valence-corrected chi connectivity index (χ3v) is 6.38. The van der Waals surface area contributed by atoms with Crippen molar-refractivity contribution in [1.82, 2.24) is 10.3 Å². The number of aromatic nitrogens is 1. The van der Waals surface area contributed by atoms with Gasteiger partial charge >= 0.3 is 18.5 Å². The molecule has 1 heterocycles. The maximum atomic E-state index is 13.9. The second-order valence-corrected chi connectivity index (χ2v) is 9.22. The smallest absolute Gasteiger partial charge is 0.337 e. The Labute approximate surface area is 231 Å². The minimum absolute atomic E-state index is 0.226. The van der Waals surface area contributed by atoms with Crippen molar-refractivity contribution in [3.8, 4) is 0 Å². The summed E-state index contributed by atoms with van der Waals surface area (Å²) in [6.07, 6.45) is -14.8. The standard InChI is InChI=1S/C29H18F10N2O/c30-23-11-9-18(13-22(23)29(37,38)39)25(42)41-26(15-17-5-2-1-3-6-17,19-7-4-8-20(14-19)27(31,32)33)24-12-10-21(16-40-24)28(34,35)36/h1-14,16H,15H2,(H,41,42). The Hall–Kier alpha value is -4.42. The minimum Gasteiger partial charge on any atom is -0.337 e. The molecule has 1 unspecified atom stereocenters. The molecule has 1 N–H and O–H groups in total. The van der Waals surface area contributed by atoms with Crippen LogP contribution in [0.3, 0.4) is 0 Å². The molecule has 1 aromatic heterocycles. The van der Waals surface area contributed by atoms with Gasteiger partial charge in [-0.3, -0.25) is 9.78 Å². The average molecular weight is 600 g/mol. The van der Waals surface area contributed by atoms with Crippen LogP contribution in [0.15, 0.2) is 91.1 Å². The summed E-state index contributed by atoms with van der Waals surface area (Å²) in [6, 6.07) is 14.2. The Morgan fingerprint density at radius 2 is 1.31 bits per heavy atom. The number of nitrogens with zero attached hydrogens (tertiary/aromatic N) is 1. The Balaban J connectivity index is 1.97. The first-order chi connectivity index (χ1) is 19.5. The summed E-state index contributed by atoms with van der Waals surface area (Å²) in [7, 11) is 0. The highest BCUT2D eigenvalue weighted by molar-refractivity contribution is 5.95. The Bertz CT molecular complexity index is 1560. The lowest BCUT2D eigenvalue weighted by atomic mass is 9.79. The monoisotopic (exact) mass is 600 g/mol. The van der Waals surface area contributed by atoms with E-state index >= 15 is 0 Å². The van der Waals surface area contributed by atoms with Gasteiger partial charge in [-0.05, 0) is 53.6 Å². The highest BCUT2D eigenvalue weighted by atomic mass is 19.4. The molecule has 0 spiro atoms. The highest BCUT2D eigenvalue weighted by Gasteiger charge is 2.42. The van der Waals surface area contributed by atoms with E-state index in [0.717, 1.165) is 24.3 Å². The van der Waals surface area contributed by atoms with Gasteiger partial charge in [-0.2, -0.15) is 39.5 Å². The number of carbonyl (C=O) groups excluding carboxylic acids is 1. The molecule has 4 aromatic rings. The zero-order valence-corrected chi connectivity index (χ0v) is 21.0. The molecule has 0 radical (unpaired) electrons. The molecular formula is C29H18F10N2O. The summed E-state index contributed by atoms with van der Waals surface area (Å²) >= 11 is 0. The maximum Gasteiger partial charge on any atom is 0.419 e. The summed E-state index contributed by atoms with van der Waals surface area (Å²) < 4.78 is 135. The SMILES string of the molecule is O=C(NC(Cc1ccccc1)(c1cccc(C(F)(F)F)c1)c1ccc(C(F)(F)F)cn1)c1ccc(F)c(C(F)(F)F)c1. The van der Waals surface area contributed by atoms with Crippen molar-refractivity contribution < 1.29 is 48.7 Å². The Morgan fingerprint density at radius 3 is 1.88 bits per heavy atom. The molecule has 4 rings (SSSR count). The fourth-order valence-electron chi connectivity index (χ4n) is 4.35. The maximum absolute atomic E-state index is 13.9. The molecule has 42 heavy (non-hydrogen) atoms. The van der Waals surface area contributed by atoms with E-state index in [-0.39, 0.29) is 23.7 Å². The van der Waals surface area contributed by atoms with E-state index in [4.69, 9.17) is 0 Å². The van der Waals surface area contributed by atoms with Crippen LogP contribution in [0.25, 0.3) is 0 Å². The van der Waals surface area contributed by atoms with E-state index in [1.54, 1.807) is 18.2 Å². The van der Waals surface area contributed by atoms with Crippen molar-refractivity contribution in [2.24, 2.45) is 0 Å². The molecule has 1 amide bonds. The van der Waals surface area contributed by atoms with E-state index in [9.17, 15) is 48.7 Å². The molecule has 3 nitrogen and oxygen atoms in total. The fourth-order valence-corrected chi connectivity index (χ4v) is 4.35. The van der Waals surface area contributed by atoms with E-state index in [1.165, 1.54) is 18.2 Å². The van der Waals surface area contributed by atoms with Crippen LogP contribution in [-0.4, -0.2) is 10.9 Å². The van der Waals surface area contributed by atoms with Crippen LogP contribution in [-0.2, 0) is 30.5 Å². The lowest BCUT2D eigenvalue weighted by Crippen LogP contribution is -2.49. The summed E-state index contributed by atoms with van der Waals surface area (Å²) in [6.45, 7) is 0. The quantitative estimate of drug-likeness (QED) is 0.227. The van der Waals surface area contributed by atoms with E-state index in [0.29, 0.717) is 30.0 Å². The summed E-state index contributed by atoms with van der Waals surface area (Å²) in [5.41, 5.74) is -7.22. The number of alkyl halides is 9. The van der Waals surface area contributed by atoms with Gasteiger partial charge in [0.25, 0.3) is 5.91 Å². The number of hydrogen-bond donors (Lipinski definition) is 1. The normalized spacial score (nSPS) is 13.9. The topological polar surface area (TPSA) is 42.0 Å². The van der Waals surface area contributed by atoms with Crippen LogP contribution in [0.5, 0.6) is 0 Å². The van der Waals surface area contributed by atoms with E-state index in [1.807, 2.05) is 0 Å². The number of benzene rings is 3. The van der Waals surface area contributed by atoms with Crippen LogP contribution in [0, 0.1) is 5.82 Å². The first-order valence-electron chi connectivity index (χ1n) is 12.0. The molecule has 1 atom stereocenters. The van der Waals surface area contributed by atoms with Gasteiger partial charge < -0.3 is 5.32 Å². The van der Waals surface area contributed by atoms with E-state index in [2.05, 4.69) is 10.3 Å². The zero-order valence-electron chi connectivity index (χ0n) is 21.0. The lowest BCUT2D eigenvalue weighted by molar-refractivity contribution is -0.140. The van der Waals surface area contributed by atoms with Crippen molar-refractivity contribution in [3.05, 3.63) is 136 Å². The van der Waals surface area contributed by atoms with Gasteiger partial charge in [-0.25, -0.2) is 4.39 Å². The molecule has 13 heteroatoms. The molecule has 0 aliphatic rings. The van der Waals surface area contributed by atoms with Gasteiger partial charge in [0, 0.05) is 18.2 Å². The molecule has 220 valence electrons. The number of rotatable bonds is 6.